The SMILES string of the molecule is CC(ON)C(C)ON. The van der Waals surface area contributed by atoms with Crippen LogP contribution in [0.3, 0.4) is 0 Å². The summed E-state index contributed by atoms with van der Waals surface area (Å²) in [7, 11) is 0. The summed E-state index contributed by atoms with van der Waals surface area (Å²) in [6, 6.07) is 0. The molecule has 8 heavy (non-hydrogen) atoms. The van der Waals surface area contributed by atoms with E-state index in [1.54, 1.807) is 13.8 Å². The molecule has 4 nitrogen and oxygen atoms in total. The van der Waals surface area contributed by atoms with E-state index in [1.165, 1.54) is 0 Å². The zero-order valence-electron chi connectivity index (χ0n) is 5.13. The van der Waals surface area contributed by atoms with Crippen molar-refractivity contribution in [3.63, 3.8) is 0 Å². The molecule has 0 heterocycles. The van der Waals surface area contributed by atoms with Gasteiger partial charge in [0.1, 0.15) is 12.2 Å². The van der Waals surface area contributed by atoms with Crippen LogP contribution in [0.5, 0.6) is 0 Å². The van der Waals surface area contributed by atoms with E-state index in [0.29, 0.717) is 0 Å². The topological polar surface area (TPSA) is 70.5 Å². The van der Waals surface area contributed by atoms with Gasteiger partial charge in [-0.3, -0.25) is 9.68 Å². The summed E-state index contributed by atoms with van der Waals surface area (Å²) in [5.41, 5.74) is 0. The summed E-state index contributed by atoms with van der Waals surface area (Å²) in [5, 5.41) is 0. The average Bonchev–Trinajstić information content (AvgIpc) is 1.84. The Morgan fingerprint density at radius 1 is 1.00 bits per heavy atom. The molecule has 4 N–H and O–H groups in total. The van der Waals surface area contributed by atoms with E-state index in [9.17, 15) is 0 Å². The maximum atomic E-state index is 4.81. The third-order valence-electron chi connectivity index (χ3n) is 1.09. The van der Waals surface area contributed by atoms with Crippen LogP contribution in [0.25, 0.3) is 0 Å². The summed E-state index contributed by atoms with van der Waals surface area (Å²) >= 11 is 0. The fraction of sp³-hybridized carbons (Fsp3) is 1.00. The van der Waals surface area contributed by atoms with Crippen LogP contribution in [0, 0.1) is 0 Å². The van der Waals surface area contributed by atoms with Crippen molar-refractivity contribution in [2.75, 3.05) is 0 Å². The Balaban J connectivity index is 3.29. The lowest BCUT2D eigenvalue weighted by Crippen LogP contribution is -2.30. The highest BCUT2D eigenvalue weighted by molar-refractivity contribution is 4.55. The normalized spacial score (nSPS) is 18.0. The average molecular weight is 120 g/mol. The molecule has 0 saturated carbocycles. The molecule has 4 heteroatoms. The van der Waals surface area contributed by atoms with Gasteiger partial charge in [-0.2, -0.15) is 0 Å². The van der Waals surface area contributed by atoms with Crippen molar-refractivity contribution in [1.82, 2.24) is 0 Å². The van der Waals surface area contributed by atoms with Gasteiger partial charge in [0.15, 0.2) is 0 Å². The molecular weight excluding hydrogens is 108 g/mol. The molecule has 0 aliphatic heterocycles. The maximum absolute atomic E-state index is 4.81. The third-order valence-corrected chi connectivity index (χ3v) is 1.09. The molecule has 0 spiro atoms. The van der Waals surface area contributed by atoms with E-state index in [4.69, 9.17) is 11.8 Å². The Morgan fingerprint density at radius 2 is 1.25 bits per heavy atom. The van der Waals surface area contributed by atoms with Gasteiger partial charge < -0.3 is 0 Å². The van der Waals surface area contributed by atoms with Crippen molar-refractivity contribution in [2.24, 2.45) is 11.8 Å². The summed E-state index contributed by atoms with van der Waals surface area (Å²) in [6.07, 6.45) is -0.306. The number of nitrogens with two attached hydrogens (primary N) is 2. The highest BCUT2D eigenvalue weighted by Crippen LogP contribution is 1.95. The van der Waals surface area contributed by atoms with Gasteiger partial charge in [0, 0.05) is 0 Å². The van der Waals surface area contributed by atoms with Gasteiger partial charge in [-0.15, -0.1) is 0 Å². The molecule has 0 aliphatic rings. The van der Waals surface area contributed by atoms with Crippen LogP contribution in [-0.2, 0) is 9.68 Å². The highest BCUT2D eigenvalue weighted by Gasteiger charge is 2.09. The quantitative estimate of drug-likeness (QED) is 0.494. The van der Waals surface area contributed by atoms with Crippen LogP contribution in [0.4, 0.5) is 0 Å². The molecule has 0 bridgehead atoms. The van der Waals surface area contributed by atoms with E-state index >= 15 is 0 Å². The predicted octanol–water partition coefficient (Wildman–Crippen LogP) is -0.456. The van der Waals surface area contributed by atoms with E-state index in [1.807, 2.05) is 0 Å². The van der Waals surface area contributed by atoms with Crippen LogP contribution in [-0.4, -0.2) is 12.2 Å². The van der Waals surface area contributed by atoms with Gasteiger partial charge in [0.25, 0.3) is 0 Å². The van der Waals surface area contributed by atoms with Crippen molar-refractivity contribution >= 4 is 0 Å². The van der Waals surface area contributed by atoms with Gasteiger partial charge in [0.05, 0.1) is 0 Å². The molecule has 2 atom stereocenters. The molecule has 0 saturated heterocycles. The van der Waals surface area contributed by atoms with Crippen molar-refractivity contribution in [2.45, 2.75) is 26.1 Å². The zero-order chi connectivity index (χ0) is 6.57. The lowest BCUT2D eigenvalue weighted by molar-refractivity contribution is -0.0589. The molecule has 0 aromatic heterocycles. The smallest absolute Gasteiger partial charge is 0.104 e. The van der Waals surface area contributed by atoms with Crippen LogP contribution < -0.4 is 11.8 Å². The van der Waals surface area contributed by atoms with E-state index in [-0.39, 0.29) is 12.2 Å². The highest BCUT2D eigenvalue weighted by atomic mass is 16.7. The van der Waals surface area contributed by atoms with Gasteiger partial charge >= 0.3 is 0 Å². The second kappa shape index (κ2) is 3.80. The van der Waals surface area contributed by atoms with Crippen LogP contribution in [0.2, 0.25) is 0 Å². The fourth-order valence-corrected chi connectivity index (χ4v) is 0.221. The Kier molecular flexibility index (Phi) is 3.72. The van der Waals surface area contributed by atoms with Gasteiger partial charge in [-0.1, -0.05) is 0 Å². The van der Waals surface area contributed by atoms with Crippen LogP contribution >= 0.6 is 0 Å². The number of rotatable bonds is 3. The van der Waals surface area contributed by atoms with Gasteiger partial charge in [-0.25, -0.2) is 11.8 Å². The third kappa shape index (κ3) is 2.23. The molecule has 50 valence electrons. The predicted molar refractivity (Wildman–Crippen MR) is 29.5 cm³/mol. The minimum Gasteiger partial charge on any atom is -0.299 e. The standard InChI is InChI=1S/C4H12N2O2/c1-3(7-5)4(2)8-6/h3-4H,5-6H2,1-2H3. The molecule has 0 radical (unpaired) electrons. The van der Waals surface area contributed by atoms with Gasteiger partial charge in [0.2, 0.25) is 0 Å². The summed E-state index contributed by atoms with van der Waals surface area (Å²) in [5.74, 6) is 9.63. The number of hydrogen-bond donors (Lipinski definition) is 2. The Bertz CT molecular complexity index is 52.0. The summed E-state index contributed by atoms with van der Waals surface area (Å²) in [4.78, 5) is 8.80. The maximum Gasteiger partial charge on any atom is 0.104 e. The van der Waals surface area contributed by atoms with Crippen molar-refractivity contribution in [3.05, 3.63) is 0 Å². The second-order valence-electron chi connectivity index (χ2n) is 1.68. The van der Waals surface area contributed by atoms with E-state index in [2.05, 4.69) is 9.68 Å². The number of hydrogen-bond acceptors (Lipinski definition) is 4. The van der Waals surface area contributed by atoms with Crippen molar-refractivity contribution in [1.29, 1.82) is 0 Å². The molecular formula is C4H12N2O2. The lowest BCUT2D eigenvalue weighted by Gasteiger charge is -2.13. The van der Waals surface area contributed by atoms with Gasteiger partial charge in [-0.05, 0) is 13.8 Å². The second-order valence-corrected chi connectivity index (χ2v) is 1.68. The van der Waals surface area contributed by atoms with Crippen LogP contribution in [0.15, 0.2) is 0 Å². The minimum absolute atomic E-state index is 0.153. The molecule has 2 unspecified atom stereocenters. The fourth-order valence-electron chi connectivity index (χ4n) is 0.221. The van der Waals surface area contributed by atoms with E-state index < -0.39 is 0 Å². The first kappa shape index (κ1) is 7.84. The summed E-state index contributed by atoms with van der Waals surface area (Å²) < 4.78 is 0. The first-order valence-corrected chi connectivity index (χ1v) is 2.43. The minimum atomic E-state index is -0.153. The molecule has 0 fully saturated rings. The molecule has 0 rings (SSSR count). The Labute approximate surface area is 48.6 Å². The molecule has 0 aromatic carbocycles. The van der Waals surface area contributed by atoms with Crippen molar-refractivity contribution in [3.8, 4) is 0 Å². The molecule has 0 aromatic rings. The van der Waals surface area contributed by atoms with Crippen molar-refractivity contribution < 1.29 is 9.68 Å². The Hall–Kier alpha value is -0.160. The summed E-state index contributed by atoms with van der Waals surface area (Å²) in [6.45, 7) is 3.55. The van der Waals surface area contributed by atoms with E-state index in [0.717, 1.165) is 0 Å². The Morgan fingerprint density at radius 3 is 1.38 bits per heavy atom. The van der Waals surface area contributed by atoms with Crippen LogP contribution in [0.1, 0.15) is 13.8 Å². The molecule has 0 aliphatic carbocycles. The molecule has 0 amide bonds. The zero-order valence-corrected chi connectivity index (χ0v) is 5.13. The first-order chi connectivity index (χ1) is 3.72. The monoisotopic (exact) mass is 120 g/mol. The first-order valence-electron chi connectivity index (χ1n) is 2.43. The lowest BCUT2D eigenvalue weighted by atomic mass is 10.3. The largest absolute Gasteiger partial charge is 0.299 e.